The van der Waals surface area contributed by atoms with E-state index >= 15 is 0 Å². The first-order valence-corrected chi connectivity index (χ1v) is 7.20. The van der Waals surface area contributed by atoms with Gasteiger partial charge in [0.15, 0.2) is 0 Å². The molecule has 1 aromatic heterocycles. The van der Waals surface area contributed by atoms with Crippen LogP contribution in [0.15, 0.2) is 18.2 Å². The van der Waals surface area contributed by atoms with Gasteiger partial charge in [0.25, 0.3) is 0 Å². The molecule has 1 aliphatic carbocycles. The first kappa shape index (κ1) is 12.7. The van der Waals surface area contributed by atoms with Crippen molar-refractivity contribution in [3.63, 3.8) is 0 Å². The molecule has 0 amide bonds. The fourth-order valence-corrected chi connectivity index (χ4v) is 2.85. The predicted octanol–water partition coefficient (Wildman–Crippen LogP) is 3.08. The van der Waals surface area contributed by atoms with Gasteiger partial charge in [-0.2, -0.15) is 0 Å². The summed E-state index contributed by atoms with van der Waals surface area (Å²) in [4.78, 5) is 4.84. The molecule has 1 saturated carbocycles. The minimum Gasteiger partial charge on any atom is -0.331 e. The van der Waals surface area contributed by atoms with Crippen LogP contribution in [0.25, 0.3) is 11.0 Å². The van der Waals surface area contributed by atoms with Crippen molar-refractivity contribution in [1.29, 1.82) is 0 Å². The molecule has 0 aliphatic heterocycles. The van der Waals surface area contributed by atoms with Crippen LogP contribution in [0.4, 0.5) is 0 Å². The Morgan fingerprint density at radius 1 is 1.37 bits per heavy atom. The van der Waals surface area contributed by atoms with Crippen LogP contribution in [-0.2, 0) is 12.5 Å². The summed E-state index contributed by atoms with van der Waals surface area (Å²) in [5, 5.41) is 0. The summed E-state index contributed by atoms with van der Waals surface area (Å²) in [6.07, 6.45) is 3.59. The van der Waals surface area contributed by atoms with E-state index in [4.69, 9.17) is 10.7 Å². The maximum absolute atomic E-state index is 5.72. The van der Waals surface area contributed by atoms with Gasteiger partial charge in [-0.25, -0.2) is 4.98 Å². The molecule has 0 unspecified atom stereocenters. The van der Waals surface area contributed by atoms with Crippen molar-refractivity contribution < 1.29 is 0 Å². The Labute approximate surface area is 114 Å². The molecule has 1 fully saturated rings. The lowest BCUT2D eigenvalue weighted by Crippen LogP contribution is -2.21. The molecule has 102 valence electrons. The summed E-state index contributed by atoms with van der Waals surface area (Å²) in [6.45, 7) is 5.23. The summed E-state index contributed by atoms with van der Waals surface area (Å²) in [5.74, 6) is 1.95. The number of benzene rings is 1. The third-order valence-electron chi connectivity index (χ3n) is 4.41. The molecule has 0 radical (unpaired) electrons. The standard InChI is InChI=1S/C16H23N3/c1-16(2,8-9-17)12-6-7-14-13(10-12)18-15(19(14)3)11-4-5-11/h6-7,10-11H,4-5,8-9,17H2,1-3H3. The number of hydrogen-bond acceptors (Lipinski definition) is 2. The van der Waals surface area contributed by atoms with E-state index in [0.29, 0.717) is 5.92 Å². The third-order valence-corrected chi connectivity index (χ3v) is 4.41. The van der Waals surface area contributed by atoms with Crippen molar-refractivity contribution in [1.82, 2.24) is 9.55 Å². The van der Waals surface area contributed by atoms with Crippen molar-refractivity contribution in [3.05, 3.63) is 29.6 Å². The summed E-state index contributed by atoms with van der Waals surface area (Å²) in [5.41, 5.74) is 9.56. The SMILES string of the molecule is Cn1c(C2CC2)nc2cc(C(C)(C)CCN)ccc21. The molecule has 0 saturated heterocycles. The Balaban J connectivity index is 2.05. The van der Waals surface area contributed by atoms with Gasteiger partial charge in [0.2, 0.25) is 0 Å². The zero-order valence-corrected chi connectivity index (χ0v) is 12.1. The van der Waals surface area contributed by atoms with Gasteiger partial charge in [-0.15, -0.1) is 0 Å². The molecule has 3 heteroatoms. The van der Waals surface area contributed by atoms with Gasteiger partial charge < -0.3 is 10.3 Å². The normalized spacial score (nSPS) is 16.2. The molecule has 2 aromatic rings. The zero-order valence-electron chi connectivity index (χ0n) is 12.1. The Morgan fingerprint density at radius 3 is 2.74 bits per heavy atom. The van der Waals surface area contributed by atoms with E-state index in [9.17, 15) is 0 Å². The number of imidazole rings is 1. The quantitative estimate of drug-likeness (QED) is 0.914. The van der Waals surface area contributed by atoms with Crippen LogP contribution >= 0.6 is 0 Å². The summed E-state index contributed by atoms with van der Waals surface area (Å²) >= 11 is 0. The second-order valence-corrected chi connectivity index (χ2v) is 6.43. The Bertz CT molecular complexity index is 606. The second-order valence-electron chi connectivity index (χ2n) is 6.43. The highest BCUT2D eigenvalue weighted by Gasteiger charge is 2.29. The van der Waals surface area contributed by atoms with Gasteiger partial charge in [0.05, 0.1) is 11.0 Å². The van der Waals surface area contributed by atoms with Gasteiger partial charge in [-0.3, -0.25) is 0 Å². The summed E-state index contributed by atoms with van der Waals surface area (Å²) in [6, 6.07) is 6.69. The Morgan fingerprint density at radius 2 is 2.11 bits per heavy atom. The van der Waals surface area contributed by atoms with E-state index < -0.39 is 0 Å². The number of aromatic nitrogens is 2. The van der Waals surface area contributed by atoms with Crippen molar-refractivity contribution in [2.75, 3.05) is 6.54 Å². The highest BCUT2D eigenvalue weighted by Crippen LogP contribution is 2.40. The zero-order chi connectivity index (χ0) is 13.6. The van der Waals surface area contributed by atoms with Crippen LogP contribution in [0.3, 0.4) is 0 Å². The first-order valence-electron chi connectivity index (χ1n) is 7.20. The molecule has 19 heavy (non-hydrogen) atoms. The molecule has 1 aromatic carbocycles. The van der Waals surface area contributed by atoms with Gasteiger partial charge in [0.1, 0.15) is 5.82 Å². The van der Waals surface area contributed by atoms with Crippen molar-refractivity contribution >= 4 is 11.0 Å². The molecule has 3 nitrogen and oxygen atoms in total. The van der Waals surface area contributed by atoms with Crippen LogP contribution in [0.1, 0.15) is 50.4 Å². The van der Waals surface area contributed by atoms with Crippen LogP contribution < -0.4 is 5.73 Å². The molecule has 1 aliphatic rings. The van der Waals surface area contributed by atoms with Crippen LogP contribution in [0.5, 0.6) is 0 Å². The lowest BCUT2D eigenvalue weighted by atomic mass is 9.81. The minimum atomic E-state index is 0.125. The van der Waals surface area contributed by atoms with Crippen molar-refractivity contribution in [3.8, 4) is 0 Å². The molecule has 0 atom stereocenters. The maximum Gasteiger partial charge on any atom is 0.112 e. The maximum atomic E-state index is 5.72. The number of nitrogens with zero attached hydrogens (tertiary/aromatic N) is 2. The highest BCUT2D eigenvalue weighted by atomic mass is 15.1. The number of hydrogen-bond donors (Lipinski definition) is 1. The highest BCUT2D eigenvalue weighted by molar-refractivity contribution is 5.77. The lowest BCUT2D eigenvalue weighted by Gasteiger charge is -2.24. The van der Waals surface area contributed by atoms with E-state index in [1.54, 1.807) is 0 Å². The van der Waals surface area contributed by atoms with Crippen LogP contribution in [-0.4, -0.2) is 16.1 Å². The Kier molecular flexibility index (Phi) is 2.90. The molecule has 1 heterocycles. The van der Waals surface area contributed by atoms with E-state index in [-0.39, 0.29) is 5.41 Å². The van der Waals surface area contributed by atoms with E-state index in [2.05, 4.69) is 43.7 Å². The van der Waals surface area contributed by atoms with E-state index in [0.717, 1.165) is 18.5 Å². The third kappa shape index (κ3) is 2.16. The second kappa shape index (κ2) is 4.34. The average molecular weight is 257 g/mol. The number of rotatable bonds is 4. The largest absolute Gasteiger partial charge is 0.331 e. The number of fused-ring (bicyclic) bond motifs is 1. The fourth-order valence-electron chi connectivity index (χ4n) is 2.85. The molecular weight excluding hydrogens is 234 g/mol. The minimum absolute atomic E-state index is 0.125. The van der Waals surface area contributed by atoms with Gasteiger partial charge in [-0.1, -0.05) is 19.9 Å². The van der Waals surface area contributed by atoms with Crippen LogP contribution in [0, 0.1) is 0 Å². The van der Waals surface area contributed by atoms with Gasteiger partial charge in [-0.05, 0) is 48.9 Å². The average Bonchev–Trinajstić information content (AvgIpc) is 3.15. The number of nitrogens with two attached hydrogens (primary N) is 1. The molecule has 0 spiro atoms. The van der Waals surface area contributed by atoms with E-state index in [1.165, 1.54) is 29.7 Å². The summed E-state index contributed by atoms with van der Waals surface area (Å²) in [7, 11) is 2.13. The van der Waals surface area contributed by atoms with Gasteiger partial charge in [0, 0.05) is 13.0 Å². The number of aryl methyl sites for hydroxylation is 1. The Hall–Kier alpha value is -1.35. The predicted molar refractivity (Wildman–Crippen MR) is 79.4 cm³/mol. The molecular formula is C16H23N3. The van der Waals surface area contributed by atoms with Crippen molar-refractivity contribution in [2.24, 2.45) is 12.8 Å². The smallest absolute Gasteiger partial charge is 0.112 e. The molecule has 0 bridgehead atoms. The topological polar surface area (TPSA) is 43.8 Å². The lowest BCUT2D eigenvalue weighted by molar-refractivity contribution is 0.488. The van der Waals surface area contributed by atoms with Crippen molar-refractivity contribution in [2.45, 2.75) is 44.4 Å². The molecule has 3 rings (SSSR count). The van der Waals surface area contributed by atoms with Crippen LogP contribution in [0.2, 0.25) is 0 Å². The fraction of sp³-hybridized carbons (Fsp3) is 0.562. The summed E-state index contributed by atoms with van der Waals surface area (Å²) < 4.78 is 2.26. The first-order chi connectivity index (χ1) is 9.03. The molecule has 2 N–H and O–H groups in total. The van der Waals surface area contributed by atoms with Gasteiger partial charge >= 0.3 is 0 Å². The van der Waals surface area contributed by atoms with E-state index in [1.807, 2.05) is 0 Å². The monoisotopic (exact) mass is 257 g/mol.